The second-order valence-corrected chi connectivity index (χ2v) is 8.62. The highest BCUT2D eigenvalue weighted by Gasteiger charge is 2.43. The predicted molar refractivity (Wildman–Crippen MR) is 148 cm³/mol. The predicted octanol–water partition coefficient (Wildman–Crippen LogP) is 4.62. The van der Waals surface area contributed by atoms with Crippen LogP contribution in [0.1, 0.15) is 69.1 Å². The Morgan fingerprint density at radius 1 is 1.19 bits per heavy atom. The summed E-state index contributed by atoms with van der Waals surface area (Å²) in [7, 11) is 0. The summed E-state index contributed by atoms with van der Waals surface area (Å²) in [4.78, 5) is 21.2. The van der Waals surface area contributed by atoms with Crippen molar-refractivity contribution in [1.82, 2.24) is 10.6 Å². The van der Waals surface area contributed by atoms with Crippen LogP contribution in [0.25, 0.3) is 0 Å². The van der Waals surface area contributed by atoms with E-state index in [2.05, 4.69) is 28.7 Å². The van der Waals surface area contributed by atoms with Crippen LogP contribution < -0.4 is 21.1 Å². The topological polar surface area (TPSA) is 93.4 Å². The van der Waals surface area contributed by atoms with E-state index in [4.69, 9.17) is 16.9 Å². The second-order valence-electron chi connectivity index (χ2n) is 8.62. The van der Waals surface area contributed by atoms with Crippen molar-refractivity contribution in [2.24, 2.45) is 5.73 Å². The molecule has 4 N–H and O–H groups in total. The van der Waals surface area contributed by atoms with Gasteiger partial charge in [-0.25, -0.2) is 4.39 Å². The van der Waals surface area contributed by atoms with E-state index in [1.807, 2.05) is 26.0 Å². The number of hydrogen-bond acceptors (Lipinski definition) is 5. The summed E-state index contributed by atoms with van der Waals surface area (Å²) >= 11 is 0. The van der Waals surface area contributed by atoms with Crippen molar-refractivity contribution in [3.8, 4) is 18.1 Å². The molecule has 37 heavy (non-hydrogen) atoms. The van der Waals surface area contributed by atoms with Gasteiger partial charge in [-0.3, -0.25) is 4.79 Å². The molecular formula is C30H42FN3O3. The number of unbranched alkanes of at least 4 members (excludes halogenated alkanes) is 1. The van der Waals surface area contributed by atoms with Gasteiger partial charge in [0.15, 0.2) is 0 Å². The first-order valence-electron chi connectivity index (χ1n) is 13.0. The van der Waals surface area contributed by atoms with E-state index in [-0.39, 0.29) is 23.8 Å². The Balaban J connectivity index is 0.000000350. The molecule has 0 atom stereocenters. The number of aldehydes is 1. The molecule has 1 fully saturated rings. The van der Waals surface area contributed by atoms with Gasteiger partial charge in [0.1, 0.15) is 17.9 Å². The van der Waals surface area contributed by atoms with E-state index < -0.39 is 0 Å². The van der Waals surface area contributed by atoms with Crippen molar-refractivity contribution >= 4 is 12.2 Å². The van der Waals surface area contributed by atoms with Gasteiger partial charge >= 0.3 is 0 Å². The van der Waals surface area contributed by atoms with Gasteiger partial charge in [0, 0.05) is 23.6 Å². The van der Waals surface area contributed by atoms with Crippen LogP contribution in [0.3, 0.4) is 0 Å². The lowest BCUT2D eigenvalue weighted by Gasteiger charge is -2.18. The zero-order valence-corrected chi connectivity index (χ0v) is 22.4. The van der Waals surface area contributed by atoms with Crippen LogP contribution in [0.4, 0.5) is 4.39 Å². The highest BCUT2D eigenvalue weighted by atomic mass is 19.1. The van der Waals surface area contributed by atoms with E-state index in [0.717, 1.165) is 30.6 Å². The van der Waals surface area contributed by atoms with Gasteiger partial charge in [0.25, 0.3) is 0 Å². The van der Waals surface area contributed by atoms with Crippen molar-refractivity contribution < 1.29 is 18.7 Å². The molecule has 3 rings (SSSR count). The summed E-state index contributed by atoms with van der Waals surface area (Å²) in [6.45, 7) is 8.01. The number of nitrogens with one attached hydrogen (secondary N) is 2. The van der Waals surface area contributed by atoms with Crippen LogP contribution in [0.5, 0.6) is 5.75 Å². The molecule has 2 aromatic carbocycles. The fourth-order valence-corrected chi connectivity index (χ4v) is 3.64. The van der Waals surface area contributed by atoms with Crippen molar-refractivity contribution in [3.63, 3.8) is 0 Å². The van der Waals surface area contributed by atoms with E-state index in [1.54, 1.807) is 13.0 Å². The summed E-state index contributed by atoms with van der Waals surface area (Å²) in [6, 6.07) is 12.8. The molecule has 1 aliphatic carbocycles. The van der Waals surface area contributed by atoms with E-state index in [9.17, 15) is 14.0 Å². The Kier molecular flexibility index (Phi) is 15.6. The average Bonchev–Trinajstić information content (AvgIpc) is 3.69. The fraction of sp³-hybridized carbons (Fsp3) is 0.467. The summed E-state index contributed by atoms with van der Waals surface area (Å²) < 4.78 is 18.5. The number of hydrogen-bond donors (Lipinski definition) is 3. The minimum Gasteiger partial charge on any atom is -0.493 e. The molecule has 0 aliphatic heterocycles. The molecule has 1 saturated carbocycles. The third kappa shape index (κ3) is 12.5. The number of benzene rings is 2. The second kappa shape index (κ2) is 18.1. The molecule has 0 aromatic heterocycles. The molecule has 1 aliphatic rings. The van der Waals surface area contributed by atoms with Gasteiger partial charge in [-0.05, 0) is 87.5 Å². The molecule has 7 heteroatoms. The van der Waals surface area contributed by atoms with E-state index in [1.165, 1.54) is 30.5 Å². The van der Waals surface area contributed by atoms with Crippen LogP contribution in [-0.2, 0) is 15.1 Å². The zero-order chi connectivity index (χ0) is 27.5. The maximum absolute atomic E-state index is 13.1. The number of halogens is 1. The van der Waals surface area contributed by atoms with Crippen molar-refractivity contribution in [2.45, 2.75) is 64.8 Å². The third-order valence-corrected chi connectivity index (χ3v) is 5.64. The molecule has 202 valence electrons. The van der Waals surface area contributed by atoms with Gasteiger partial charge in [-0.2, -0.15) is 0 Å². The Hall–Kier alpha value is -3.21. The molecule has 0 unspecified atom stereocenters. The SMILES string of the molecule is C#Cc1cccc(C2(NCCCN)CC2)c1.CC.Cc1cc(F)cc(OCCCCC(=O)NCC=O)c1. The minimum absolute atomic E-state index is 0.0535. The molecular weight excluding hydrogens is 469 g/mol. The monoisotopic (exact) mass is 511 g/mol. The fourth-order valence-electron chi connectivity index (χ4n) is 3.64. The van der Waals surface area contributed by atoms with Gasteiger partial charge in [0.05, 0.1) is 13.2 Å². The maximum Gasteiger partial charge on any atom is 0.220 e. The lowest BCUT2D eigenvalue weighted by Crippen LogP contribution is -2.30. The normalized spacial score (nSPS) is 12.5. The first-order valence-corrected chi connectivity index (χ1v) is 13.0. The Morgan fingerprint density at radius 3 is 2.57 bits per heavy atom. The standard InChI is InChI=1S/C14H18FNO3.C14H18N2.C2H6/c1-11-8-12(15)10-13(9-11)19-7-3-2-4-14(18)16-5-6-17;1-2-12-5-3-6-13(11-12)14(7-8-14)16-10-4-9-15;1-2/h6,8-10H,2-5,7H2,1H3,(H,16,18);1,3,5-6,11,16H,4,7-10,15H2;1-2H3. The van der Waals surface area contributed by atoms with Crippen LogP contribution in [0, 0.1) is 25.1 Å². The Bertz CT molecular complexity index is 980. The van der Waals surface area contributed by atoms with Gasteiger partial charge < -0.3 is 25.9 Å². The highest BCUT2D eigenvalue weighted by Crippen LogP contribution is 2.45. The number of amides is 1. The minimum atomic E-state index is -0.316. The first kappa shape index (κ1) is 31.8. The first-order chi connectivity index (χ1) is 17.9. The number of nitrogens with two attached hydrogens (primary N) is 1. The smallest absolute Gasteiger partial charge is 0.220 e. The molecule has 0 saturated heterocycles. The summed E-state index contributed by atoms with van der Waals surface area (Å²) in [5.41, 5.74) is 8.77. The van der Waals surface area contributed by atoms with Crippen LogP contribution >= 0.6 is 0 Å². The molecule has 6 nitrogen and oxygen atoms in total. The molecule has 0 heterocycles. The number of carbonyl (C=O) groups is 2. The molecule has 1 amide bonds. The molecule has 0 spiro atoms. The number of aryl methyl sites for hydroxylation is 1. The summed E-state index contributed by atoms with van der Waals surface area (Å²) in [6.07, 6.45) is 11.2. The Morgan fingerprint density at radius 2 is 1.95 bits per heavy atom. The van der Waals surface area contributed by atoms with Crippen LogP contribution in [0.15, 0.2) is 42.5 Å². The van der Waals surface area contributed by atoms with Crippen molar-refractivity contribution in [3.05, 3.63) is 65.0 Å². The molecule has 0 bridgehead atoms. The van der Waals surface area contributed by atoms with Crippen LogP contribution in [-0.4, -0.2) is 38.4 Å². The molecule has 2 aromatic rings. The van der Waals surface area contributed by atoms with Gasteiger partial charge in [-0.15, -0.1) is 6.42 Å². The van der Waals surface area contributed by atoms with Crippen molar-refractivity contribution in [1.29, 1.82) is 0 Å². The van der Waals surface area contributed by atoms with Gasteiger partial charge in [0.2, 0.25) is 5.91 Å². The van der Waals surface area contributed by atoms with Crippen LogP contribution in [0.2, 0.25) is 0 Å². The van der Waals surface area contributed by atoms with Crippen molar-refractivity contribution in [2.75, 3.05) is 26.2 Å². The Labute approximate surface area is 221 Å². The molecule has 0 radical (unpaired) electrons. The maximum atomic E-state index is 13.1. The lowest BCUT2D eigenvalue weighted by atomic mass is 10.0. The van der Waals surface area contributed by atoms with Gasteiger partial charge in [-0.1, -0.05) is 31.9 Å². The highest BCUT2D eigenvalue weighted by molar-refractivity contribution is 5.78. The zero-order valence-electron chi connectivity index (χ0n) is 22.4. The largest absolute Gasteiger partial charge is 0.493 e. The number of terminal acetylenes is 1. The van der Waals surface area contributed by atoms with E-state index >= 15 is 0 Å². The third-order valence-electron chi connectivity index (χ3n) is 5.64. The summed E-state index contributed by atoms with van der Waals surface area (Å²) in [5, 5.41) is 6.05. The van der Waals surface area contributed by atoms with E-state index in [0.29, 0.717) is 37.9 Å². The average molecular weight is 512 g/mol. The quantitative estimate of drug-likeness (QED) is 0.207. The lowest BCUT2D eigenvalue weighted by molar-refractivity contribution is -0.122. The number of ether oxygens (including phenoxy) is 1. The number of carbonyl (C=O) groups excluding carboxylic acids is 2. The summed E-state index contributed by atoms with van der Waals surface area (Å²) in [5.74, 6) is 2.73. The number of rotatable bonds is 13.